The van der Waals surface area contributed by atoms with Gasteiger partial charge in [-0.25, -0.2) is 0 Å². The van der Waals surface area contributed by atoms with Crippen molar-refractivity contribution >= 4 is 5.91 Å². The monoisotopic (exact) mass is 324 g/mol. The third-order valence-electron chi connectivity index (χ3n) is 5.36. The summed E-state index contributed by atoms with van der Waals surface area (Å²) in [6.07, 6.45) is 5.63. The van der Waals surface area contributed by atoms with Crippen molar-refractivity contribution in [3.63, 3.8) is 0 Å². The number of amides is 1. The molecule has 0 spiro atoms. The minimum atomic E-state index is -0.574. The van der Waals surface area contributed by atoms with Crippen LogP contribution in [0.25, 0.3) is 11.1 Å². The number of benzene rings is 1. The van der Waals surface area contributed by atoms with Crippen LogP contribution in [0, 0.1) is 6.92 Å². The summed E-state index contributed by atoms with van der Waals surface area (Å²) >= 11 is 0. The van der Waals surface area contributed by atoms with E-state index in [2.05, 4.69) is 41.4 Å². The number of H-pyrrole nitrogens is 1. The molecule has 1 amide bonds. The minimum Gasteiger partial charge on any atom is -0.340 e. The predicted octanol–water partition coefficient (Wildman–Crippen LogP) is 2.58. The second-order valence-electron chi connectivity index (χ2n) is 7.31. The summed E-state index contributed by atoms with van der Waals surface area (Å²) in [5.74, 6) is 0.424. The fraction of sp³-hybridized carbons (Fsp3) is 0.474. The number of aryl methyl sites for hydroxylation is 1. The van der Waals surface area contributed by atoms with Crippen LogP contribution in [-0.4, -0.2) is 39.6 Å². The van der Waals surface area contributed by atoms with Gasteiger partial charge in [0.05, 0.1) is 11.7 Å². The number of hydrogen-bond acceptors (Lipinski definition) is 3. The topological polar surface area (TPSA) is 75.0 Å². The number of carbonyl (C=O) groups is 1. The van der Waals surface area contributed by atoms with Gasteiger partial charge in [0.1, 0.15) is 0 Å². The van der Waals surface area contributed by atoms with E-state index >= 15 is 0 Å². The highest BCUT2D eigenvalue weighted by atomic mass is 16.2. The second-order valence-corrected chi connectivity index (χ2v) is 7.31. The molecule has 2 fully saturated rings. The fourth-order valence-corrected chi connectivity index (χ4v) is 3.63. The Labute approximate surface area is 142 Å². The summed E-state index contributed by atoms with van der Waals surface area (Å²) in [6, 6.07) is 8.51. The Bertz CT molecular complexity index is 745. The van der Waals surface area contributed by atoms with Crippen molar-refractivity contribution in [1.29, 1.82) is 0 Å². The zero-order chi connectivity index (χ0) is 16.7. The molecule has 1 atom stereocenters. The van der Waals surface area contributed by atoms with Gasteiger partial charge in [-0.3, -0.25) is 9.89 Å². The number of piperidine rings is 1. The smallest absolute Gasteiger partial charge is 0.242 e. The van der Waals surface area contributed by atoms with Crippen molar-refractivity contribution in [2.45, 2.75) is 44.1 Å². The summed E-state index contributed by atoms with van der Waals surface area (Å²) in [6.45, 7) is 3.65. The lowest BCUT2D eigenvalue weighted by Crippen LogP contribution is -2.49. The van der Waals surface area contributed by atoms with Gasteiger partial charge in [0.15, 0.2) is 0 Å². The van der Waals surface area contributed by atoms with Crippen molar-refractivity contribution in [3.05, 3.63) is 41.7 Å². The largest absolute Gasteiger partial charge is 0.340 e. The Hall–Kier alpha value is -2.14. The SMILES string of the molecule is Cc1ccc(-c2cn[nH]c2C2CCCN(C(=O)C3(N)CC3)C2)cc1. The number of carbonyl (C=O) groups excluding carboxylic acids is 1. The lowest BCUT2D eigenvalue weighted by Gasteiger charge is -2.34. The standard InChI is InChI=1S/C19H24N4O/c1-13-4-6-14(7-5-13)16-11-21-22-17(16)15-3-2-10-23(12-15)18(24)19(20)8-9-19/h4-7,11,15H,2-3,8-10,12,20H2,1H3,(H,21,22). The molecular formula is C19H24N4O. The third-order valence-corrected chi connectivity index (χ3v) is 5.36. The first-order chi connectivity index (χ1) is 11.6. The second kappa shape index (κ2) is 5.74. The van der Waals surface area contributed by atoms with Gasteiger partial charge in [-0.05, 0) is 38.2 Å². The van der Waals surface area contributed by atoms with E-state index < -0.39 is 5.54 Å². The highest BCUT2D eigenvalue weighted by molar-refractivity contribution is 5.89. The molecule has 126 valence electrons. The zero-order valence-electron chi connectivity index (χ0n) is 14.1. The molecule has 1 saturated carbocycles. The van der Waals surface area contributed by atoms with Gasteiger partial charge >= 0.3 is 0 Å². The van der Waals surface area contributed by atoms with Gasteiger partial charge in [0, 0.05) is 30.3 Å². The molecule has 1 aliphatic heterocycles. The first-order valence-corrected chi connectivity index (χ1v) is 8.75. The minimum absolute atomic E-state index is 0.128. The molecule has 5 heteroatoms. The van der Waals surface area contributed by atoms with Crippen LogP contribution in [0.3, 0.4) is 0 Å². The lowest BCUT2D eigenvalue weighted by molar-refractivity contribution is -0.134. The molecule has 2 heterocycles. The number of likely N-dealkylation sites (tertiary alicyclic amines) is 1. The molecule has 1 unspecified atom stereocenters. The van der Waals surface area contributed by atoms with E-state index in [1.165, 1.54) is 11.1 Å². The number of hydrogen-bond donors (Lipinski definition) is 2. The molecule has 1 aromatic heterocycles. The van der Waals surface area contributed by atoms with Crippen LogP contribution >= 0.6 is 0 Å². The van der Waals surface area contributed by atoms with E-state index in [0.717, 1.165) is 50.0 Å². The normalized spacial score (nSPS) is 22.4. The molecule has 2 aromatic rings. The summed E-state index contributed by atoms with van der Waals surface area (Å²) in [7, 11) is 0. The molecule has 4 rings (SSSR count). The Morgan fingerprint density at radius 3 is 2.79 bits per heavy atom. The predicted molar refractivity (Wildman–Crippen MR) is 93.5 cm³/mol. The number of nitrogens with one attached hydrogen (secondary N) is 1. The highest BCUT2D eigenvalue weighted by Gasteiger charge is 2.48. The molecule has 0 bridgehead atoms. The summed E-state index contributed by atoms with van der Waals surface area (Å²) in [4.78, 5) is 14.5. The Morgan fingerprint density at radius 1 is 1.33 bits per heavy atom. The lowest BCUT2D eigenvalue weighted by atomic mass is 9.90. The fourth-order valence-electron chi connectivity index (χ4n) is 3.63. The highest BCUT2D eigenvalue weighted by Crippen LogP contribution is 2.38. The molecule has 5 nitrogen and oxygen atoms in total. The molecule has 2 aliphatic rings. The quantitative estimate of drug-likeness (QED) is 0.911. The molecular weight excluding hydrogens is 300 g/mol. The number of nitrogens with two attached hydrogens (primary N) is 1. The molecule has 24 heavy (non-hydrogen) atoms. The maximum absolute atomic E-state index is 12.6. The summed E-state index contributed by atoms with van der Waals surface area (Å²) < 4.78 is 0. The first-order valence-electron chi connectivity index (χ1n) is 8.75. The van der Waals surface area contributed by atoms with Crippen molar-refractivity contribution in [1.82, 2.24) is 15.1 Å². The zero-order valence-corrected chi connectivity index (χ0v) is 14.1. The van der Waals surface area contributed by atoms with Gasteiger partial charge in [-0.1, -0.05) is 29.8 Å². The molecule has 3 N–H and O–H groups in total. The van der Waals surface area contributed by atoms with Crippen LogP contribution in [0.5, 0.6) is 0 Å². The van der Waals surface area contributed by atoms with Crippen molar-refractivity contribution in [2.75, 3.05) is 13.1 Å². The van der Waals surface area contributed by atoms with Gasteiger partial charge in [0.2, 0.25) is 5.91 Å². The Kier molecular flexibility index (Phi) is 3.68. The van der Waals surface area contributed by atoms with E-state index in [1.54, 1.807) is 0 Å². The Balaban J connectivity index is 1.57. The van der Waals surface area contributed by atoms with Gasteiger partial charge in [-0.15, -0.1) is 0 Å². The third kappa shape index (κ3) is 2.73. The van der Waals surface area contributed by atoms with Crippen molar-refractivity contribution in [3.8, 4) is 11.1 Å². The number of aromatic nitrogens is 2. The van der Waals surface area contributed by atoms with Crippen LogP contribution in [0.1, 0.15) is 42.9 Å². The van der Waals surface area contributed by atoms with Gasteiger partial charge in [0.25, 0.3) is 0 Å². The first kappa shape index (κ1) is 15.4. The van der Waals surface area contributed by atoms with E-state index in [9.17, 15) is 4.79 Å². The maximum Gasteiger partial charge on any atom is 0.242 e. The van der Waals surface area contributed by atoms with Crippen LogP contribution < -0.4 is 5.73 Å². The van der Waals surface area contributed by atoms with E-state index in [1.807, 2.05) is 11.1 Å². The molecule has 0 radical (unpaired) electrons. The molecule has 1 aliphatic carbocycles. The number of rotatable bonds is 3. The van der Waals surface area contributed by atoms with Crippen LogP contribution in [0.2, 0.25) is 0 Å². The van der Waals surface area contributed by atoms with Crippen LogP contribution in [0.4, 0.5) is 0 Å². The average molecular weight is 324 g/mol. The van der Waals surface area contributed by atoms with E-state index in [4.69, 9.17) is 5.73 Å². The molecule has 1 aromatic carbocycles. The maximum atomic E-state index is 12.6. The van der Waals surface area contributed by atoms with Gasteiger partial charge in [-0.2, -0.15) is 5.10 Å². The average Bonchev–Trinajstić information content (AvgIpc) is 3.17. The summed E-state index contributed by atoms with van der Waals surface area (Å²) in [5, 5.41) is 7.46. The number of aromatic amines is 1. The van der Waals surface area contributed by atoms with E-state index in [-0.39, 0.29) is 5.91 Å². The van der Waals surface area contributed by atoms with Crippen LogP contribution in [0.15, 0.2) is 30.5 Å². The van der Waals surface area contributed by atoms with E-state index in [0.29, 0.717) is 5.92 Å². The van der Waals surface area contributed by atoms with Crippen LogP contribution in [-0.2, 0) is 4.79 Å². The van der Waals surface area contributed by atoms with Crippen molar-refractivity contribution in [2.24, 2.45) is 5.73 Å². The number of nitrogens with zero attached hydrogens (tertiary/aromatic N) is 2. The van der Waals surface area contributed by atoms with Gasteiger partial charge < -0.3 is 10.6 Å². The van der Waals surface area contributed by atoms with Crippen molar-refractivity contribution < 1.29 is 4.79 Å². The molecule has 1 saturated heterocycles. The summed E-state index contributed by atoms with van der Waals surface area (Å²) in [5.41, 5.74) is 10.2. The Morgan fingerprint density at radius 2 is 2.08 bits per heavy atom.